The number of aromatic nitrogens is 1. The standard InChI is InChI=1S/C15H21ClN2O/c1-11(2)10-15(7-3-4-8-15)14(19)18-12-6-5-9-17-13(12)16/h5-6,9,11H,3-4,7-8,10H2,1-2H3,(H,18,19). The van der Waals surface area contributed by atoms with Crippen molar-refractivity contribution in [2.24, 2.45) is 11.3 Å². The van der Waals surface area contributed by atoms with E-state index in [-0.39, 0.29) is 11.3 Å². The molecule has 0 aromatic carbocycles. The molecule has 1 aliphatic carbocycles. The maximum Gasteiger partial charge on any atom is 0.230 e. The number of carbonyl (C=O) groups is 1. The Balaban J connectivity index is 2.15. The Bertz CT molecular complexity index is 453. The van der Waals surface area contributed by atoms with Gasteiger partial charge in [0.2, 0.25) is 5.91 Å². The van der Waals surface area contributed by atoms with Crippen LogP contribution in [0.5, 0.6) is 0 Å². The largest absolute Gasteiger partial charge is 0.323 e. The number of hydrogen-bond acceptors (Lipinski definition) is 2. The number of rotatable bonds is 4. The number of nitrogens with one attached hydrogen (secondary N) is 1. The second-order valence-corrected chi connectivity index (χ2v) is 6.24. The van der Waals surface area contributed by atoms with Crippen LogP contribution >= 0.6 is 11.6 Å². The molecule has 0 bridgehead atoms. The molecule has 1 N–H and O–H groups in total. The van der Waals surface area contributed by atoms with Gasteiger partial charge in [-0.2, -0.15) is 0 Å². The Labute approximate surface area is 119 Å². The first kappa shape index (κ1) is 14.3. The lowest BCUT2D eigenvalue weighted by molar-refractivity contribution is -0.126. The van der Waals surface area contributed by atoms with E-state index in [0.717, 1.165) is 32.1 Å². The minimum absolute atomic E-state index is 0.105. The number of nitrogens with zero attached hydrogens (tertiary/aromatic N) is 1. The molecule has 1 saturated carbocycles. The number of hydrogen-bond donors (Lipinski definition) is 1. The lowest BCUT2D eigenvalue weighted by Gasteiger charge is -2.29. The van der Waals surface area contributed by atoms with Gasteiger partial charge < -0.3 is 5.32 Å². The Morgan fingerprint density at radius 2 is 2.16 bits per heavy atom. The molecule has 0 saturated heterocycles. The van der Waals surface area contributed by atoms with Crippen LogP contribution in [-0.4, -0.2) is 10.9 Å². The predicted molar refractivity (Wildman–Crippen MR) is 78.2 cm³/mol. The van der Waals surface area contributed by atoms with Crippen LogP contribution in [0.3, 0.4) is 0 Å². The molecule has 19 heavy (non-hydrogen) atoms. The van der Waals surface area contributed by atoms with Crippen molar-refractivity contribution in [1.29, 1.82) is 0 Å². The van der Waals surface area contributed by atoms with Crippen molar-refractivity contribution in [3.8, 4) is 0 Å². The molecule has 1 amide bonds. The van der Waals surface area contributed by atoms with Gasteiger partial charge in [-0.3, -0.25) is 4.79 Å². The average molecular weight is 281 g/mol. The summed E-state index contributed by atoms with van der Waals surface area (Å²) in [5.41, 5.74) is 0.400. The number of carbonyl (C=O) groups excluding carboxylic acids is 1. The summed E-state index contributed by atoms with van der Waals surface area (Å²) in [6.45, 7) is 4.34. The molecule has 0 radical (unpaired) electrons. The molecular weight excluding hydrogens is 260 g/mol. The monoisotopic (exact) mass is 280 g/mol. The molecule has 1 heterocycles. The Kier molecular flexibility index (Phi) is 4.46. The van der Waals surface area contributed by atoms with Crippen LogP contribution in [0.15, 0.2) is 18.3 Å². The number of halogens is 1. The zero-order valence-electron chi connectivity index (χ0n) is 11.6. The highest BCUT2D eigenvalue weighted by Crippen LogP contribution is 2.44. The molecule has 3 nitrogen and oxygen atoms in total. The van der Waals surface area contributed by atoms with E-state index in [2.05, 4.69) is 24.1 Å². The highest BCUT2D eigenvalue weighted by Gasteiger charge is 2.41. The fourth-order valence-corrected chi connectivity index (χ4v) is 3.26. The number of anilines is 1. The first-order chi connectivity index (χ1) is 9.03. The van der Waals surface area contributed by atoms with Crippen LogP contribution in [0.1, 0.15) is 46.0 Å². The van der Waals surface area contributed by atoms with Gasteiger partial charge in [-0.05, 0) is 37.3 Å². The van der Waals surface area contributed by atoms with E-state index in [1.807, 2.05) is 0 Å². The summed E-state index contributed by atoms with van der Waals surface area (Å²) in [7, 11) is 0. The zero-order valence-corrected chi connectivity index (χ0v) is 12.3. The number of amides is 1. The first-order valence-corrected chi connectivity index (χ1v) is 7.33. The molecule has 0 atom stereocenters. The van der Waals surface area contributed by atoms with Crippen LogP contribution in [0.25, 0.3) is 0 Å². The van der Waals surface area contributed by atoms with E-state index < -0.39 is 0 Å². The van der Waals surface area contributed by atoms with Crippen molar-refractivity contribution in [2.75, 3.05) is 5.32 Å². The lowest BCUT2D eigenvalue weighted by atomic mass is 9.77. The minimum Gasteiger partial charge on any atom is -0.323 e. The van der Waals surface area contributed by atoms with Crippen molar-refractivity contribution in [1.82, 2.24) is 4.98 Å². The van der Waals surface area contributed by atoms with Gasteiger partial charge >= 0.3 is 0 Å². The fourth-order valence-electron chi connectivity index (χ4n) is 3.09. The van der Waals surface area contributed by atoms with Crippen LogP contribution in [0, 0.1) is 11.3 Å². The summed E-state index contributed by atoms with van der Waals surface area (Å²) in [6.07, 6.45) is 6.81. The molecule has 1 aromatic heterocycles. The van der Waals surface area contributed by atoms with E-state index in [0.29, 0.717) is 16.8 Å². The summed E-state index contributed by atoms with van der Waals surface area (Å²) >= 11 is 6.00. The van der Waals surface area contributed by atoms with Gasteiger partial charge in [-0.1, -0.05) is 38.3 Å². The van der Waals surface area contributed by atoms with Gasteiger partial charge in [0.25, 0.3) is 0 Å². The second-order valence-electron chi connectivity index (χ2n) is 5.88. The SMILES string of the molecule is CC(C)CC1(C(=O)Nc2cccnc2Cl)CCCC1. The maximum atomic E-state index is 12.6. The zero-order chi connectivity index (χ0) is 13.9. The topological polar surface area (TPSA) is 42.0 Å². The first-order valence-electron chi connectivity index (χ1n) is 6.95. The smallest absolute Gasteiger partial charge is 0.230 e. The molecule has 1 fully saturated rings. The van der Waals surface area contributed by atoms with Gasteiger partial charge in [0.05, 0.1) is 5.69 Å². The van der Waals surface area contributed by atoms with Crippen LogP contribution in [0.4, 0.5) is 5.69 Å². The highest BCUT2D eigenvalue weighted by atomic mass is 35.5. The van der Waals surface area contributed by atoms with Crippen molar-refractivity contribution in [3.05, 3.63) is 23.5 Å². The Hall–Kier alpha value is -1.09. The van der Waals surface area contributed by atoms with Gasteiger partial charge in [-0.15, -0.1) is 0 Å². The summed E-state index contributed by atoms with van der Waals surface area (Å²) in [5, 5.41) is 3.32. The molecule has 1 aliphatic rings. The van der Waals surface area contributed by atoms with Crippen LogP contribution < -0.4 is 5.32 Å². The van der Waals surface area contributed by atoms with E-state index in [9.17, 15) is 4.79 Å². The fraction of sp³-hybridized carbons (Fsp3) is 0.600. The third-order valence-electron chi connectivity index (χ3n) is 3.85. The number of pyridine rings is 1. The third-order valence-corrected chi connectivity index (χ3v) is 4.15. The predicted octanol–water partition coefficient (Wildman–Crippen LogP) is 4.28. The Morgan fingerprint density at radius 3 is 2.74 bits per heavy atom. The van der Waals surface area contributed by atoms with Crippen LogP contribution in [0.2, 0.25) is 5.15 Å². The molecule has 104 valence electrons. The van der Waals surface area contributed by atoms with Crippen molar-refractivity contribution < 1.29 is 4.79 Å². The van der Waals surface area contributed by atoms with E-state index in [1.165, 1.54) is 0 Å². The maximum absolute atomic E-state index is 12.6. The van der Waals surface area contributed by atoms with Gasteiger partial charge in [0, 0.05) is 11.6 Å². The quantitative estimate of drug-likeness (QED) is 0.837. The second kappa shape index (κ2) is 5.91. The third kappa shape index (κ3) is 3.27. The van der Waals surface area contributed by atoms with Gasteiger partial charge in [-0.25, -0.2) is 4.98 Å². The average Bonchev–Trinajstić information content (AvgIpc) is 2.81. The molecule has 0 unspecified atom stereocenters. The van der Waals surface area contributed by atoms with Crippen molar-refractivity contribution >= 4 is 23.2 Å². The van der Waals surface area contributed by atoms with Gasteiger partial charge in [0.15, 0.2) is 5.15 Å². The summed E-state index contributed by atoms with van der Waals surface area (Å²) in [4.78, 5) is 16.6. The highest BCUT2D eigenvalue weighted by molar-refractivity contribution is 6.32. The molecule has 4 heteroatoms. The molecule has 0 aliphatic heterocycles. The van der Waals surface area contributed by atoms with Crippen molar-refractivity contribution in [3.63, 3.8) is 0 Å². The molecule has 0 spiro atoms. The van der Waals surface area contributed by atoms with Crippen LogP contribution in [-0.2, 0) is 4.79 Å². The Morgan fingerprint density at radius 1 is 1.47 bits per heavy atom. The van der Waals surface area contributed by atoms with Crippen molar-refractivity contribution in [2.45, 2.75) is 46.0 Å². The summed E-state index contributed by atoms with van der Waals surface area (Å²) in [5.74, 6) is 0.627. The summed E-state index contributed by atoms with van der Waals surface area (Å²) < 4.78 is 0. The van der Waals surface area contributed by atoms with E-state index in [4.69, 9.17) is 11.6 Å². The molecule has 1 aromatic rings. The molecule has 2 rings (SSSR count). The van der Waals surface area contributed by atoms with Gasteiger partial charge in [0.1, 0.15) is 0 Å². The lowest BCUT2D eigenvalue weighted by Crippen LogP contribution is -2.35. The molecular formula is C15H21ClN2O. The minimum atomic E-state index is -0.215. The normalized spacial score (nSPS) is 17.7. The van der Waals surface area contributed by atoms with E-state index >= 15 is 0 Å². The summed E-state index contributed by atoms with van der Waals surface area (Å²) in [6, 6.07) is 3.58. The van der Waals surface area contributed by atoms with E-state index in [1.54, 1.807) is 18.3 Å².